The molecule has 0 radical (unpaired) electrons. The molecule has 86 valence electrons. The number of hydrogen-bond acceptors (Lipinski definition) is 2. The van der Waals surface area contributed by atoms with E-state index in [0.29, 0.717) is 10.8 Å². The molecule has 0 aliphatic rings. The maximum absolute atomic E-state index is 12.0. The molecule has 5 heteroatoms. The van der Waals surface area contributed by atoms with Gasteiger partial charge in [-0.15, -0.1) is 0 Å². The van der Waals surface area contributed by atoms with Gasteiger partial charge in [-0.25, -0.2) is 19.3 Å². The van der Waals surface area contributed by atoms with Crippen LogP contribution in [-0.4, -0.2) is 38.2 Å². The van der Waals surface area contributed by atoms with Gasteiger partial charge in [-0.3, -0.25) is 0 Å². The Morgan fingerprint density at radius 1 is 1.20 bits per heavy atom. The van der Waals surface area contributed by atoms with Crippen molar-refractivity contribution in [2.75, 3.05) is 25.4 Å². The second-order valence-corrected chi connectivity index (χ2v) is 8.12. The summed E-state index contributed by atoms with van der Waals surface area (Å²) in [6.45, 7) is 0. The standard InChI is InChI=1S/C10H17NO2S2/c1-11(9-14(2)3)15(12,13)10-7-5-4-6-8-10/h4-8,14H,9H2,1-3H3. The Morgan fingerprint density at radius 2 is 1.73 bits per heavy atom. The van der Waals surface area contributed by atoms with E-state index in [1.807, 2.05) is 6.07 Å². The second-order valence-electron chi connectivity index (χ2n) is 3.64. The van der Waals surface area contributed by atoms with Crippen LogP contribution in [0.4, 0.5) is 0 Å². The van der Waals surface area contributed by atoms with E-state index in [9.17, 15) is 8.42 Å². The van der Waals surface area contributed by atoms with Gasteiger partial charge in [-0.05, 0) is 24.6 Å². The predicted molar refractivity (Wildman–Crippen MR) is 67.1 cm³/mol. The van der Waals surface area contributed by atoms with Gasteiger partial charge in [0.1, 0.15) is 0 Å². The van der Waals surface area contributed by atoms with Gasteiger partial charge in [0.2, 0.25) is 10.0 Å². The molecule has 0 spiro atoms. The summed E-state index contributed by atoms with van der Waals surface area (Å²) >= 11 is 0. The normalized spacial score (nSPS) is 12.9. The highest BCUT2D eigenvalue weighted by atomic mass is 32.2. The Kier molecular flexibility index (Phi) is 4.19. The molecule has 0 atom stereocenters. The Labute approximate surface area is 94.5 Å². The van der Waals surface area contributed by atoms with Crippen molar-refractivity contribution in [1.82, 2.24) is 4.31 Å². The Hall–Kier alpha value is -0.520. The molecule has 0 unspecified atom stereocenters. The third kappa shape index (κ3) is 3.22. The van der Waals surface area contributed by atoms with Crippen molar-refractivity contribution in [3.8, 4) is 0 Å². The van der Waals surface area contributed by atoms with Gasteiger partial charge >= 0.3 is 0 Å². The van der Waals surface area contributed by atoms with Gasteiger partial charge in [0.15, 0.2) is 0 Å². The molecule has 1 aromatic carbocycles. The van der Waals surface area contributed by atoms with Gasteiger partial charge in [0, 0.05) is 12.9 Å². The third-order valence-electron chi connectivity index (χ3n) is 1.93. The summed E-state index contributed by atoms with van der Waals surface area (Å²) in [6.07, 6.45) is 4.12. The van der Waals surface area contributed by atoms with Crippen molar-refractivity contribution in [3.05, 3.63) is 30.3 Å². The highest BCUT2D eigenvalue weighted by Gasteiger charge is 2.19. The number of sulfonamides is 1. The number of thiol groups is 1. The van der Waals surface area contributed by atoms with Crippen LogP contribution in [0.15, 0.2) is 35.2 Å². The fourth-order valence-corrected chi connectivity index (χ4v) is 4.21. The van der Waals surface area contributed by atoms with E-state index in [2.05, 4.69) is 12.5 Å². The molecular formula is C10H17NO2S2. The zero-order valence-electron chi connectivity index (χ0n) is 9.21. The van der Waals surface area contributed by atoms with E-state index in [0.717, 1.165) is 0 Å². The molecule has 0 bridgehead atoms. The number of rotatable bonds is 4. The van der Waals surface area contributed by atoms with E-state index in [1.165, 1.54) is 4.31 Å². The molecule has 0 aliphatic heterocycles. The van der Waals surface area contributed by atoms with Crippen LogP contribution in [0.3, 0.4) is 0 Å². The molecule has 0 saturated heterocycles. The molecule has 0 fully saturated rings. The highest BCUT2D eigenvalue weighted by molar-refractivity contribution is 8.16. The highest BCUT2D eigenvalue weighted by Crippen LogP contribution is 2.20. The minimum Gasteiger partial charge on any atom is -0.246 e. The van der Waals surface area contributed by atoms with Crippen LogP contribution >= 0.6 is 10.9 Å². The number of nitrogens with zero attached hydrogens (tertiary/aromatic N) is 1. The van der Waals surface area contributed by atoms with Crippen LogP contribution in [0.25, 0.3) is 0 Å². The summed E-state index contributed by atoms with van der Waals surface area (Å²) in [5.74, 6) is 0.604. The number of hydrogen-bond donors (Lipinski definition) is 1. The van der Waals surface area contributed by atoms with E-state index >= 15 is 0 Å². The monoisotopic (exact) mass is 247 g/mol. The Balaban J connectivity index is 2.94. The third-order valence-corrected chi connectivity index (χ3v) is 4.93. The summed E-state index contributed by atoms with van der Waals surface area (Å²) in [4.78, 5) is 0.365. The molecule has 1 rings (SSSR count). The van der Waals surface area contributed by atoms with Crippen molar-refractivity contribution in [2.45, 2.75) is 4.90 Å². The molecule has 1 aromatic rings. The average Bonchev–Trinajstić information content (AvgIpc) is 2.18. The topological polar surface area (TPSA) is 37.4 Å². The Bertz CT molecular complexity index is 401. The van der Waals surface area contributed by atoms with E-state index in [-0.39, 0.29) is 10.9 Å². The fourth-order valence-electron chi connectivity index (χ4n) is 1.25. The van der Waals surface area contributed by atoms with Crippen molar-refractivity contribution in [1.29, 1.82) is 0 Å². The first kappa shape index (κ1) is 12.5. The molecule has 3 nitrogen and oxygen atoms in total. The van der Waals surface area contributed by atoms with Gasteiger partial charge in [-0.1, -0.05) is 18.2 Å². The second kappa shape index (κ2) is 5.01. The zero-order valence-corrected chi connectivity index (χ0v) is 10.9. The minimum atomic E-state index is -3.28. The van der Waals surface area contributed by atoms with Crippen LogP contribution in [0.1, 0.15) is 0 Å². The van der Waals surface area contributed by atoms with Gasteiger partial charge in [0.05, 0.1) is 4.90 Å². The molecule has 0 saturated carbocycles. The van der Waals surface area contributed by atoms with Gasteiger partial charge in [0.25, 0.3) is 0 Å². The summed E-state index contributed by atoms with van der Waals surface area (Å²) in [7, 11) is -1.90. The van der Waals surface area contributed by atoms with Crippen LogP contribution in [0.2, 0.25) is 0 Å². The van der Waals surface area contributed by atoms with E-state index < -0.39 is 10.0 Å². The van der Waals surface area contributed by atoms with Crippen molar-refractivity contribution < 1.29 is 8.42 Å². The maximum Gasteiger partial charge on any atom is 0.243 e. The molecule has 15 heavy (non-hydrogen) atoms. The summed E-state index contributed by atoms with van der Waals surface area (Å²) < 4.78 is 25.4. The number of benzene rings is 1. The quantitative estimate of drug-likeness (QED) is 0.819. The van der Waals surface area contributed by atoms with E-state index in [1.54, 1.807) is 31.3 Å². The lowest BCUT2D eigenvalue weighted by atomic mass is 10.4. The first-order valence-electron chi connectivity index (χ1n) is 4.60. The van der Waals surface area contributed by atoms with Crippen LogP contribution in [0, 0.1) is 0 Å². The first-order chi connectivity index (χ1) is 6.94. The molecule has 0 amide bonds. The first-order valence-corrected chi connectivity index (χ1v) is 8.47. The predicted octanol–water partition coefficient (Wildman–Crippen LogP) is 1.53. The lowest BCUT2D eigenvalue weighted by molar-refractivity contribution is 0.512. The van der Waals surface area contributed by atoms with E-state index in [4.69, 9.17) is 0 Å². The van der Waals surface area contributed by atoms with Crippen molar-refractivity contribution in [3.63, 3.8) is 0 Å². The van der Waals surface area contributed by atoms with Crippen molar-refractivity contribution >= 4 is 20.9 Å². The van der Waals surface area contributed by atoms with Gasteiger partial charge < -0.3 is 0 Å². The van der Waals surface area contributed by atoms with Gasteiger partial charge in [-0.2, -0.15) is 4.31 Å². The molecule has 0 aromatic heterocycles. The minimum absolute atomic E-state index is 0.248. The molecular weight excluding hydrogens is 230 g/mol. The summed E-state index contributed by atoms with van der Waals surface area (Å²) in [6, 6.07) is 8.53. The summed E-state index contributed by atoms with van der Waals surface area (Å²) in [5, 5.41) is 0. The fraction of sp³-hybridized carbons (Fsp3) is 0.400. The van der Waals surface area contributed by atoms with Crippen LogP contribution < -0.4 is 0 Å². The lowest BCUT2D eigenvalue weighted by Gasteiger charge is -2.20. The smallest absolute Gasteiger partial charge is 0.243 e. The molecule has 0 heterocycles. The lowest BCUT2D eigenvalue weighted by Crippen LogP contribution is -2.27. The zero-order chi connectivity index (χ0) is 11.5. The summed E-state index contributed by atoms with van der Waals surface area (Å²) in [5.41, 5.74) is 0. The molecule has 0 N–H and O–H groups in total. The Morgan fingerprint density at radius 3 is 2.20 bits per heavy atom. The molecule has 0 aliphatic carbocycles. The maximum atomic E-state index is 12.0. The van der Waals surface area contributed by atoms with Crippen LogP contribution in [0.5, 0.6) is 0 Å². The average molecular weight is 247 g/mol. The van der Waals surface area contributed by atoms with Crippen LogP contribution in [-0.2, 0) is 10.0 Å². The van der Waals surface area contributed by atoms with Crippen molar-refractivity contribution in [2.24, 2.45) is 0 Å². The largest absolute Gasteiger partial charge is 0.246 e. The SMILES string of the molecule is CN(C[SH](C)C)S(=O)(=O)c1ccccc1.